The van der Waals surface area contributed by atoms with Crippen LogP contribution < -0.4 is 14.2 Å². The number of hydrogen-bond acceptors (Lipinski definition) is 6. The number of nitrogens with zero attached hydrogens (tertiary/aromatic N) is 1. The van der Waals surface area contributed by atoms with Crippen LogP contribution in [0.3, 0.4) is 0 Å². The van der Waals surface area contributed by atoms with E-state index in [-0.39, 0.29) is 4.90 Å². The number of aryl methyl sites for hydroxylation is 2. The molecule has 0 saturated carbocycles. The van der Waals surface area contributed by atoms with Crippen molar-refractivity contribution in [2.24, 2.45) is 0 Å². The number of hydrogen-bond donors (Lipinski definition) is 1. The predicted molar refractivity (Wildman–Crippen MR) is 99.7 cm³/mol. The Hall–Kier alpha value is -3.00. The van der Waals surface area contributed by atoms with Crippen molar-refractivity contribution in [3.63, 3.8) is 0 Å². The number of aromatic nitrogens is 1. The molecule has 4 rings (SSSR count). The van der Waals surface area contributed by atoms with Gasteiger partial charge in [0.1, 0.15) is 13.2 Å². The Morgan fingerprint density at radius 1 is 1.00 bits per heavy atom. The van der Waals surface area contributed by atoms with E-state index in [1.807, 2.05) is 0 Å². The summed E-state index contributed by atoms with van der Waals surface area (Å²) in [5, 5.41) is 0. The molecule has 0 fully saturated rings. The van der Waals surface area contributed by atoms with Crippen LogP contribution in [-0.2, 0) is 10.0 Å². The molecule has 0 saturated heterocycles. The first-order valence-electron chi connectivity index (χ1n) is 8.38. The zero-order chi connectivity index (χ0) is 19.0. The molecule has 1 N–H and O–H groups in total. The SMILES string of the molecule is Cc1ncc(-c2ccc(C)c(S(=O)(=O)Nc3ccc4c(c3)OCCO4)c2)o1. The van der Waals surface area contributed by atoms with Crippen LogP contribution in [0.1, 0.15) is 11.5 Å². The summed E-state index contributed by atoms with van der Waals surface area (Å²) in [5.41, 5.74) is 1.67. The summed E-state index contributed by atoms with van der Waals surface area (Å²) in [6.45, 7) is 4.39. The number of ether oxygens (including phenoxy) is 2. The molecule has 7 nitrogen and oxygen atoms in total. The van der Waals surface area contributed by atoms with E-state index in [9.17, 15) is 8.42 Å². The lowest BCUT2D eigenvalue weighted by Crippen LogP contribution is -2.17. The number of rotatable bonds is 4. The van der Waals surface area contributed by atoms with Gasteiger partial charge in [0.25, 0.3) is 10.0 Å². The number of anilines is 1. The monoisotopic (exact) mass is 386 g/mol. The molecule has 3 aromatic rings. The minimum atomic E-state index is -3.80. The van der Waals surface area contributed by atoms with Gasteiger partial charge in [0.2, 0.25) is 0 Å². The highest BCUT2D eigenvalue weighted by Gasteiger charge is 2.20. The van der Waals surface area contributed by atoms with Crippen molar-refractivity contribution < 1.29 is 22.3 Å². The van der Waals surface area contributed by atoms with Crippen LogP contribution in [0.25, 0.3) is 11.3 Å². The third-order valence-electron chi connectivity index (χ3n) is 4.18. The van der Waals surface area contributed by atoms with Crippen LogP contribution in [0, 0.1) is 13.8 Å². The third kappa shape index (κ3) is 3.48. The molecular weight excluding hydrogens is 368 g/mol. The summed E-state index contributed by atoms with van der Waals surface area (Å²) in [4.78, 5) is 4.23. The fraction of sp³-hybridized carbons (Fsp3) is 0.211. The van der Waals surface area contributed by atoms with Crippen LogP contribution >= 0.6 is 0 Å². The maximum absolute atomic E-state index is 12.9. The van der Waals surface area contributed by atoms with Gasteiger partial charge in [-0.15, -0.1) is 0 Å². The van der Waals surface area contributed by atoms with Crippen molar-refractivity contribution in [1.82, 2.24) is 4.98 Å². The summed E-state index contributed by atoms with van der Waals surface area (Å²) >= 11 is 0. The molecule has 0 atom stereocenters. The Labute approximate surface area is 157 Å². The van der Waals surface area contributed by atoms with Gasteiger partial charge >= 0.3 is 0 Å². The van der Waals surface area contributed by atoms with Gasteiger partial charge in [-0.3, -0.25) is 4.72 Å². The zero-order valence-electron chi connectivity index (χ0n) is 14.9. The standard InChI is InChI=1S/C19H18N2O5S/c1-12-3-4-14(18-11-20-13(2)26-18)9-19(12)27(22,23)21-15-5-6-16-17(10-15)25-8-7-24-16/h3-6,9-11,21H,7-8H2,1-2H3. The number of fused-ring (bicyclic) bond motifs is 1. The number of sulfonamides is 1. The Balaban J connectivity index is 1.67. The molecule has 0 aliphatic carbocycles. The van der Waals surface area contributed by atoms with E-state index in [1.165, 1.54) is 0 Å². The predicted octanol–water partition coefficient (Wildman–Crippen LogP) is 3.53. The van der Waals surface area contributed by atoms with Crippen molar-refractivity contribution in [2.75, 3.05) is 17.9 Å². The summed E-state index contributed by atoms with van der Waals surface area (Å²) in [6, 6.07) is 10.1. The first-order valence-corrected chi connectivity index (χ1v) is 9.87. The zero-order valence-corrected chi connectivity index (χ0v) is 15.7. The van der Waals surface area contributed by atoms with E-state index >= 15 is 0 Å². The fourth-order valence-corrected chi connectivity index (χ4v) is 4.18. The van der Waals surface area contributed by atoms with Crippen LogP contribution in [0.15, 0.2) is 51.9 Å². The molecule has 0 spiro atoms. The minimum absolute atomic E-state index is 0.170. The van der Waals surface area contributed by atoms with E-state index in [0.29, 0.717) is 53.2 Å². The maximum atomic E-state index is 12.9. The highest BCUT2D eigenvalue weighted by Crippen LogP contribution is 2.34. The molecule has 140 valence electrons. The highest BCUT2D eigenvalue weighted by molar-refractivity contribution is 7.92. The molecule has 1 aliphatic rings. The van der Waals surface area contributed by atoms with Gasteiger partial charge in [-0.25, -0.2) is 13.4 Å². The van der Waals surface area contributed by atoms with Gasteiger partial charge < -0.3 is 13.9 Å². The Morgan fingerprint density at radius 3 is 2.52 bits per heavy atom. The van der Waals surface area contributed by atoms with Crippen molar-refractivity contribution >= 4 is 15.7 Å². The van der Waals surface area contributed by atoms with Gasteiger partial charge in [0.05, 0.1) is 16.8 Å². The smallest absolute Gasteiger partial charge is 0.262 e. The largest absolute Gasteiger partial charge is 0.486 e. The quantitative estimate of drug-likeness (QED) is 0.738. The maximum Gasteiger partial charge on any atom is 0.262 e. The molecule has 0 unspecified atom stereocenters. The molecule has 0 amide bonds. The molecule has 1 aliphatic heterocycles. The average molecular weight is 386 g/mol. The Morgan fingerprint density at radius 2 is 1.78 bits per heavy atom. The molecule has 0 radical (unpaired) electrons. The first-order chi connectivity index (χ1) is 12.9. The molecule has 2 heterocycles. The molecule has 1 aromatic heterocycles. The van der Waals surface area contributed by atoms with E-state index < -0.39 is 10.0 Å². The minimum Gasteiger partial charge on any atom is -0.486 e. The van der Waals surface area contributed by atoms with Crippen molar-refractivity contribution in [3.8, 4) is 22.8 Å². The summed E-state index contributed by atoms with van der Waals surface area (Å²) in [5.74, 6) is 2.15. The fourth-order valence-electron chi connectivity index (χ4n) is 2.85. The van der Waals surface area contributed by atoms with Gasteiger partial charge in [-0.2, -0.15) is 0 Å². The van der Waals surface area contributed by atoms with Gasteiger partial charge in [0, 0.05) is 18.6 Å². The normalized spacial score (nSPS) is 13.4. The number of nitrogens with one attached hydrogen (secondary N) is 1. The molecule has 27 heavy (non-hydrogen) atoms. The average Bonchev–Trinajstić information content (AvgIpc) is 3.08. The lowest BCUT2D eigenvalue weighted by Gasteiger charge is -2.19. The number of oxazole rings is 1. The van der Waals surface area contributed by atoms with Crippen LogP contribution in [0.4, 0.5) is 5.69 Å². The van der Waals surface area contributed by atoms with Gasteiger partial charge in [-0.1, -0.05) is 12.1 Å². The summed E-state index contributed by atoms with van der Waals surface area (Å²) < 4.78 is 45.0. The van der Waals surface area contributed by atoms with Gasteiger partial charge in [0.15, 0.2) is 23.1 Å². The van der Waals surface area contributed by atoms with Gasteiger partial charge in [-0.05, 0) is 30.7 Å². The van der Waals surface area contributed by atoms with E-state index in [1.54, 1.807) is 56.4 Å². The van der Waals surface area contributed by atoms with Crippen molar-refractivity contribution in [1.29, 1.82) is 0 Å². The van der Waals surface area contributed by atoms with Crippen molar-refractivity contribution in [2.45, 2.75) is 18.7 Å². The lowest BCUT2D eigenvalue weighted by molar-refractivity contribution is 0.171. The molecule has 8 heteroatoms. The van der Waals surface area contributed by atoms with Crippen LogP contribution in [0.2, 0.25) is 0 Å². The molecular formula is C19H18N2O5S. The second kappa shape index (κ2) is 6.62. The topological polar surface area (TPSA) is 90.7 Å². The third-order valence-corrected chi connectivity index (χ3v) is 5.70. The van der Waals surface area contributed by atoms with Crippen molar-refractivity contribution in [3.05, 3.63) is 54.0 Å². The Bertz CT molecular complexity index is 1110. The van der Waals surface area contributed by atoms with Crippen LogP contribution in [-0.4, -0.2) is 26.6 Å². The highest BCUT2D eigenvalue weighted by atomic mass is 32.2. The molecule has 0 bridgehead atoms. The Kier molecular flexibility index (Phi) is 4.27. The van der Waals surface area contributed by atoms with E-state index in [0.717, 1.165) is 0 Å². The lowest BCUT2D eigenvalue weighted by atomic mass is 10.1. The second-order valence-electron chi connectivity index (χ2n) is 6.19. The summed E-state index contributed by atoms with van der Waals surface area (Å²) in [7, 11) is -3.80. The van der Waals surface area contributed by atoms with Crippen LogP contribution in [0.5, 0.6) is 11.5 Å². The number of benzene rings is 2. The summed E-state index contributed by atoms with van der Waals surface area (Å²) in [6.07, 6.45) is 1.57. The van der Waals surface area contributed by atoms with E-state index in [4.69, 9.17) is 13.9 Å². The van der Waals surface area contributed by atoms with E-state index in [2.05, 4.69) is 9.71 Å². The molecule has 2 aromatic carbocycles. The second-order valence-corrected chi connectivity index (χ2v) is 7.84. The first kappa shape index (κ1) is 17.4.